The minimum Gasteiger partial charge on any atom is -0.413 e. The maximum atomic E-state index is 10.4. The van der Waals surface area contributed by atoms with Gasteiger partial charge in [0.2, 0.25) is 0 Å². The first-order chi connectivity index (χ1) is 7.26. The van der Waals surface area contributed by atoms with Gasteiger partial charge in [-0.15, -0.1) is 0 Å². The van der Waals surface area contributed by atoms with E-state index < -0.39 is 8.32 Å². The second-order valence-electron chi connectivity index (χ2n) is 6.24. The molecule has 16 heavy (non-hydrogen) atoms. The van der Waals surface area contributed by atoms with Crippen molar-refractivity contribution in [1.29, 1.82) is 0 Å². The molecule has 3 nitrogen and oxygen atoms in total. The number of carbonyl (C=O) groups is 1. The van der Waals surface area contributed by atoms with Gasteiger partial charge < -0.3 is 14.5 Å². The molecular formula is C12H25NO2Si. The van der Waals surface area contributed by atoms with E-state index in [2.05, 4.69) is 39.2 Å². The van der Waals surface area contributed by atoms with Crippen LogP contribution in [0.3, 0.4) is 0 Å². The monoisotopic (exact) mass is 243 g/mol. The molecule has 1 heterocycles. The molecule has 0 radical (unpaired) electrons. The Bertz CT molecular complexity index is 248. The lowest BCUT2D eigenvalue weighted by Crippen LogP contribution is -2.44. The molecule has 0 aromatic carbocycles. The molecule has 0 aromatic heterocycles. The Hall–Kier alpha value is -0.193. The summed E-state index contributed by atoms with van der Waals surface area (Å²) in [4.78, 5) is 10.4. The lowest BCUT2D eigenvalue weighted by Gasteiger charge is -2.38. The third-order valence-corrected chi connectivity index (χ3v) is 8.36. The number of hydrogen-bond donors (Lipinski definition) is 1. The molecule has 0 spiro atoms. The highest BCUT2D eigenvalue weighted by Crippen LogP contribution is 2.38. The summed E-state index contributed by atoms with van der Waals surface area (Å²) in [5.41, 5.74) is 0. The van der Waals surface area contributed by atoms with Gasteiger partial charge in [-0.25, -0.2) is 0 Å². The number of rotatable bonds is 4. The molecule has 0 amide bonds. The second-order valence-corrected chi connectivity index (χ2v) is 11.0. The van der Waals surface area contributed by atoms with Crippen LogP contribution in [0.4, 0.5) is 0 Å². The van der Waals surface area contributed by atoms with Crippen molar-refractivity contribution in [3.8, 4) is 0 Å². The average molecular weight is 243 g/mol. The van der Waals surface area contributed by atoms with Crippen LogP contribution >= 0.6 is 0 Å². The lowest BCUT2D eigenvalue weighted by atomic mass is 10.1. The number of hydrogen-bond acceptors (Lipinski definition) is 3. The molecular weight excluding hydrogens is 218 g/mol. The van der Waals surface area contributed by atoms with Crippen LogP contribution in [-0.2, 0) is 9.22 Å². The Morgan fingerprint density at radius 3 is 2.56 bits per heavy atom. The first-order valence-electron chi connectivity index (χ1n) is 6.11. The second kappa shape index (κ2) is 4.98. The zero-order chi connectivity index (χ0) is 12.4. The molecule has 1 N–H and O–H groups in total. The SMILES string of the molecule is CC(C)(C)[Si](C)(C)OC1CNC(CC=O)C1. The number of carbonyl (C=O) groups excluding carboxylic acids is 1. The molecule has 1 fully saturated rings. The molecule has 1 saturated heterocycles. The molecule has 2 atom stereocenters. The van der Waals surface area contributed by atoms with E-state index in [1.807, 2.05) is 0 Å². The Kier molecular flexibility index (Phi) is 4.32. The summed E-state index contributed by atoms with van der Waals surface area (Å²) in [6.45, 7) is 12.2. The standard InChI is InChI=1S/C12H25NO2Si/c1-12(2,3)16(4,5)15-11-8-10(6-7-14)13-9-11/h7,10-11,13H,6,8-9H2,1-5H3. The molecule has 1 aliphatic heterocycles. The summed E-state index contributed by atoms with van der Waals surface area (Å²) in [7, 11) is -1.65. The van der Waals surface area contributed by atoms with Crippen molar-refractivity contribution in [2.24, 2.45) is 0 Å². The van der Waals surface area contributed by atoms with Gasteiger partial charge >= 0.3 is 0 Å². The molecule has 94 valence electrons. The molecule has 0 aromatic rings. The minimum atomic E-state index is -1.65. The van der Waals surface area contributed by atoms with Gasteiger partial charge in [-0.05, 0) is 24.6 Å². The van der Waals surface area contributed by atoms with E-state index in [4.69, 9.17) is 4.43 Å². The first kappa shape index (κ1) is 13.9. The summed E-state index contributed by atoms with van der Waals surface area (Å²) in [5.74, 6) is 0. The van der Waals surface area contributed by atoms with Crippen LogP contribution in [-0.4, -0.2) is 33.3 Å². The first-order valence-corrected chi connectivity index (χ1v) is 9.02. The van der Waals surface area contributed by atoms with E-state index >= 15 is 0 Å². The van der Waals surface area contributed by atoms with E-state index in [-0.39, 0.29) is 5.04 Å². The predicted octanol–water partition coefficient (Wildman–Crippen LogP) is 2.33. The van der Waals surface area contributed by atoms with E-state index in [9.17, 15) is 4.79 Å². The van der Waals surface area contributed by atoms with Crippen LogP contribution in [0.25, 0.3) is 0 Å². The largest absolute Gasteiger partial charge is 0.413 e. The van der Waals surface area contributed by atoms with Gasteiger partial charge in [0.25, 0.3) is 0 Å². The Morgan fingerprint density at radius 1 is 1.44 bits per heavy atom. The summed E-state index contributed by atoms with van der Waals surface area (Å²) in [5, 5.41) is 3.61. The van der Waals surface area contributed by atoms with Crippen molar-refractivity contribution in [3.63, 3.8) is 0 Å². The predicted molar refractivity (Wildman–Crippen MR) is 69.2 cm³/mol. The minimum absolute atomic E-state index is 0.260. The quantitative estimate of drug-likeness (QED) is 0.608. The van der Waals surface area contributed by atoms with Crippen LogP contribution in [0.5, 0.6) is 0 Å². The van der Waals surface area contributed by atoms with Crippen LogP contribution in [0.15, 0.2) is 0 Å². The number of nitrogens with one attached hydrogen (secondary N) is 1. The van der Waals surface area contributed by atoms with Crippen LogP contribution in [0, 0.1) is 0 Å². The van der Waals surface area contributed by atoms with Gasteiger partial charge in [0.1, 0.15) is 6.29 Å². The third kappa shape index (κ3) is 3.40. The van der Waals surface area contributed by atoms with E-state index in [1.54, 1.807) is 0 Å². The molecule has 2 unspecified atom stereocenters. The van der Waals surface area contributed by atoms with Crippen LogP contribution < -0.4 is 5.32 Å². The topological polar surface area (TPSA) is 38.3 Å². The Labute approximate surface area is 100 Å². The van der Waals surface area contributed by atoms with Crippen molar-refractivity contribution in [3.05, 3.63) is 0 Å². The van der Waals surface area contributed by atoms with Gasteiger partial charge in [-0.1, -0.05) is 20.8 Å². The molecule has 1 aliphatic rings. The Balaban J connectivity index is 2.48. The van der Waals surface area contributed by atoms with E-state index in [1.165, 1.54) is 0 Å². The van der Waals surface area contributed by atoms with Gasteiger partial charge in [0.15, 0.2) is 8.32 Å². The third-order valence-electron chi connectivity index (χ3n) is 3.83. The van der Waals surface area contributed by atoms with Gasteiger partial charge in [0, 0.05) is 19.0 Å². The molecule has 0 bridgehead atoms. The molecule has 4 heteroatoms. The zero-order valence-electron chi connectivity index (χ0n) is 11.2. The fraction of sp³-hybridized carbons (Fsp3) is 0.917. The van der Waals surface area contributed by atoms with Gasteiger partial charge in [0.05, 0.1) is 6.10 Å². The summed E-state index contributed by atoms with van der Waals surface area (Å²) >= 11 is 0. The van der Waals surface area contributed by atoms with Crippen molar-refractivity contribution in [2.75, 3.05) is 6.54 Å². The normalized spacial score (nSPS) is 27.1. The highest BCUT2D eigenvalue weighted by molar-refractivity contribution is 6.74. The fourth-order valence-corrected chi connectivity index (χ4v) is 3.13. The van der Waals surface area contributed by atoms with Gasteiger partial charge in [-0.2, -0.15) is 0 Å². The average Bonchev–Trinajstić information content (AvgIpc) is 2.50. The van der Waals surface area contributed by atoms with Crippen LogP contribution in [0.2, 0.25) is 18.1 Å². The van der Waals surface area contributed by atoms with Crippen LogP contribution in [0.1, 0.15) is 33.6 Å². The zero-order valence-corrected chi connectivity index (χ0v) is 12.2. The van der Waals surface area contributed by atoms with Crippen molar-refractivity contribution in [1.82, 2.24) is 5.32 Å². The Morgan fingerprint density at radius 2 is 2.06 bits per heavy atom. The highest BCUT2D eigenvalue weighted by atomic mass is 28.4. The van der Waals surface area contributed by atoms with E-state index in [0.717, 1.165) is 19.3 Å². The fourth-order valence-electron chi connectivity index (χ4n) is 1.76. The lowest BCUT2D eigenvalue weighted by molar-refractivity contribution is -0.108. The smallest absolute Gasteiger partial charge is 0.192 e. The maximum Gasteiger partial charge on any atom is 0.192 e. The van der Waals surface area contributed by atoms with E-state index in [0.29, 0.717) is 18.6 Å². The summed E-state index contributed by atoms with van der Waals surface area (Å²) < 4.78 is 6.30. The number of aldehydes is 1. The van der Waals surface area contributed by atoms with Crippen molar-refractivity contribution in [2.45, 2.75) is 63.9 Å². The highest BCUT2D eigenvalue weighted by Gasteiger charge is 2.40. The van der Waals surface area contributed by atoms with Gasteiger partial charge in [-0.3, -0.25) is 0 Å². The molecule has 0 aliphatic carbocycles. The maximum absolute atomic E-state index is 10.4. The summed E-state index contributed by atoms with van der Waals surface area (Å²) in [6, 6.07) is 0.326. The summed E-state index contributed by atoms with van der Waals surface area (Å²) in [6.07, 6.45) is 2.88. The van der Waals surface area contributed by atoms with Crippen molar-refractivity contribution < 1.29 is 9.22 Å². The molecule has 1 rings (SSSR count). The molecule has 0 saturated carbocycles. The van der Waals surface area contributed by atoms with Crippen molar-refractivity contribution >= 4 is 14.6 Å².